The van der Waals surface area contributed by atoms with E-state index in [1.807, 2.05) is 42.5 Å². The van der Waals surface area contributed by atoms with Crippen LogP contribution in [0.3, 0.4) is 0 Å². The van der Waals surface area contributed by atoms with Gasteiger partial charge in [-0.3, -0.25) is 9.80 Å². The second-order valence-corrected chi connectivity index (χ2v) is 4.20. The van der Waals surface area contributed by atoms with Crippen molar-refractivity contribution in [3.05, 3.63) is 48.0 Å². The van der Waals surface area contributed by atoms with Gasteiger partial charge in [-0.2, -0.15) is 0 Å². The minimum atomic E-state index is -0.134. The molecule has 2 aromatic carbocycles. The van der Waals surface area contributed by atoms with Gasteiger partial charge in [-0.1, -0.05) is 42.5 Å². The van der Waals surface area contributed by atoms with Gasteiger partial charge < -0.3 is 5.73 Å². The van der Waals surface area contributed by atoms with Crippen LogP contribution in [0.1, 0.15) is 12.0 Å². The summed E-state index contributed by atoms with van der Waals surface area (Å²) in [6, 6.07) is 14.0. The zero-order valence-electron chi connectivity index (χ0n) is 10.2. The number of nitrogens with two attached hydrogens (primary N) is 2. The highest BCUT2D eigenvalue weighted by Crippen LogP contribution is 2.19. The number of nitrogens with zero attached hydrogens (tertiary/aromatic N) is 1. The Morgan fingerprint density at radius 3 is 2.61 bits per heavy atom. The normalized spacial score (nSPS) is 10.6. The quantitative estimate of drug-likeness (QED) is 0.484. The molecule has 2 rings (SSSR count). The molecular weight excluding hydrogens is 226 g/mol. The average Bonchev–Trinajstić information content (AvgIpc) is 2.39. The van der Waals surface area contributed by atoms with E-state index in [0.29, 0.717) is 13.1 Å². The fourth-order valence-electron chi connectivity index (χ4n) is 1.97. The van der Waals surface area contributed by atoms with Crippen LogP contribution in [0.25, 0.3) is 10.8 Å². The summed E-state index contributed by atoms with van der Waals surface area (Å²) < 4.78 is 0. The zero-order valence-corrected chi connectivity index (χ0v) is 10.2. The van der Waals surface area contributed by atoms with Crippen molar-refractivity contribution in [2.45, 2.75) is 13.0 Å². The largest absolute Gasteiger partial charge is 0.330 e. The van der Waals surface area contributed by atoms with Crippen LogP contribution < -0.4 is 11.6 Å². The molecule has 94 valence electrons. The van der Waals surface area contributed by atoms with Crippen LogP contribution in [0.15, 0.2) is 42.5 Å². The van der Waals surface area contributed by atoms with Crippen molar-refractivity contribution in [2.24, 2.45) is 11.6 Å². The van der Waals surface area contributed by atoms with Crippen LogP contribution in [0.5, 0.6) is 0 Å². The molecule has 18 heavy (non-hydrogen) atoms. The van der Waals surface area contributed by atoms with Crippen molar-refractivity contribution in [3.8, 4) is 0 Å². The fourth-order valence-corrected chi connectivity index (χ4v) is 1.97. The van der Waals surface area contributed by atoms with E-state index < -0.39 is 0 Å². The van der Waals surface area contributed by atoms with Crippen molar-refractivity contribution >= 4 is 16.7 Å². The number of hydrogen-bond donors (Lipinski definition) is 2. The van der Waals surface area contributed by atoms with Crippen molar-refractivity contribution in [1.29, 1.82) is 0 Å². The van der Waals surface area contributed by atoms with E-state index in [0.717, 1.165) is 16.3 Å². The first kappa shape index (κ1) is 12.5. The summed E-state index contributed by atoms with van der Waals surface area (Å²) in [6.07, 6.45) is 0.279. The Balaban J connectivity index is 2.24. The summed E-state index contributed by atoms with van der Waals surface area (Å²) in [5, 5.41) is 3.50. The Bertz CT molecular complexity index is 548. The molecule has 0 atom stereocenters. The van der Waals surface area contributed by atoms with E-state index in [2.05, 4.69) is 0 Å². The molecule has 0 spiro atoms. The molecular formula is C14H17N3O. The van der Waals surface area contributed by atoms with E-state index in [1.54, 1.807) is 0 Å². The van der Waals surface area contributed by atoms with Gasteiger partial charge in [-0.25, -0.2) is 5.84 Å². The minimum absolute atomic E-state index is 0.134. The first-order chi connectivity index (χ1) is 8.72. The molecule has 0 saturated heterocycles. The van der Waals surface area contributed by atoms with Gasteiger partial charge in [0.05, 0.1) is 6.54 Å². The lowest BCUT2D eigenvalue weighted by atomic mass is 10.0. The Morgan fingerprint density at radius 2 is 1.83 bits per heavy atom. The summed E-state index contributed by atoms with van der Waals surface area (Å²) >= 11 is 0. The smallest absolute Gasteiger partial charge is 0.238 e. The third kappa shape index (κ3) is 2.67. The van der Waals surface area contributed by atoms with Gasteiger partial charge in [0.2, 0.25) is 5.91 Å². The fraction of sp³-hybridized carbons (Fsp3) is 0.214. The minimum Gasteiger partial charge on any atom is -0.330 e. The molecule has 0 heterocycles. The molecule has 2 aromatic rings. The summed E-state index contributed by atoms with van der Waals surface area (Å²) in [6.45, 7) is 0.724. The van der Waals surface area contributed by atoms with E-state index in [1.165, 1.54) is 5.01 Å². The lowest BCUT2D eigenvalue weighted by molar-refractivity contribution is -0.131. The average molecular weight is 243 g/mol. The summed E-state index contributed by atoms with van der Waals surface area (Å²) in [4.78, 5) is 11.6. The number of benzene rings is 2. The maximum Gasteiger partial charge on any atom is 0.238 e. The number of carbonyl (C=O) groups is 1. The van der Waals surface area contributed by atoms with Gasteiger partial charge in [0.25, 0.3) is 0 Å². The van der Waals surface area contributed by atoms with Crippen molar-refractivity contribution in [3.63, 3.8) is 0 Å². The van der Waals surface area contributed by atoms with Gasteiger partial charge in [-0.15, -0.1) is 0 Å². The zero-order chi connectivity index (χ0) is 13.0. The monoisotopic (exact) mass is 243 g/mol. The van der Waals surface area contributed by atoms with Gasteiger partial charge in [-0.05, 0) is 16.3 Å². The van der Waals surface area contributed by atoms with E-state index in [4.69, 9.17) is 11.6 Å². The maximum atomic E-state index is 11.6. The Morgan fingerprint density at radius 1 is 1.11 bits per heavy atom. The molecule has 1 amide bonds. The number of fused-ring (bicyclic) bond motifs is 1. The first-order valence-electron chi connectivity index (χ1n) is 5.94. The van der Waals surface area contributed by atoms with Crippen molar-refractivity contribution in [1.82, 2.24) is 5.01 Å². The number of hydrazine groups is 1. The van der Waals surface area contributed by atoms with E-state index in [-0.39, 0.29) is 12.3 Å². The summed E-state index contributed by atoms with van der Waals surface area (Å²) in [5.41, 5.74) is 6.39. The molecule has 0 aliphatic rings. The van der Waals surface area contributed by atoms with Crippen LogP contribution in [0, 0.1) is 0 Å². The highest BCUT2D eigenvalue weighted by Gasteiger charge is 2.10. The molecule has 0 aromatic heterocycles. The van der Waals surface area contributed by atoms with Crippen LogP contribution in [-0.4, -0.2) is 17.5 Å². The van der Waals surface area contributed by atoms with Gasteiger partial charge in [0.1, 0.15) is 0 Å². The second kappa shape index (κ2) is 5.62. The SMILES string of the molecule is NCCC(=O)N(N)Cc1cccc2ccccc12. The molecule has 0 aliphatic heterocycles. The van der Waals surface area contributed by atoms with Crippen LogP contribution in [-0.2, 0) is 11.3 Å². The number of rotatable bonds is 4. The summed E-state index contributed by atoms with van der Waals surface area (Å²) in [5.74, 6) is 5.62. The van der Waals surface area contributed by atoms with Gasteiger partial charge >= 0.3 is 0 Å². The first-order valence-corrected chi connectivity index (χ1v) is 5.94. The standard InChI is InChI=1S/C14H17N3O/c15-9-8-14(18)17(16)10-12-6-3-5-11-4-1-2-7-13(11)12/h1-7H,8-10,15-16H2. The number of amides is 1. The van der Waals surface area contributed by atoms with Crippen LogP contribution in [0.2, 0.25) is 0 Å². The third-order valence-corrected chi connectivity index (χ3v) is 2.90. The lowest BCUT2D eigenvalue weighted by Gasteiger charge is -2.17. The molecule has 0 bridgehead atoms. The Hall–Kier alpha value is -1.91. The molecule has 0 unspecified atom stereocenters. The summed E-state index contributed by atoms with van der Waals surface area (Å²) in [7, 11) is 0. The predicted molar refractivity (Wildman–Crippen MR) is 72.4 cm³/mol. The predicted octanol–water partition coefficient (Wildman–Crippen LogP) is 1.39. The van der Waals surface area contributed by atoms with Crippen LogP contribution >= 0.6 is 0 Å². The second-order valence-electron chi connectivity index (χ2n) is 4.20. The third-order valence-electron chi connectivity index (χ3n) is 2.90. The van der Waals surface area contributed by atoms with Crippen molar-refractivity contribution < 1.29 is 4.79 Å². The molecule has 0 saturated carbocycles. The molecule has 4 heteroatoms. The van der Waals surface area contributed by atoms with E-state index in [9.17, 15) is 4.79 Å². The molecule has 0 aliphatic carbocycles. The van der Waals surface area contributed by atoms with Gasteiger partial charge in [0, 0.05) is 13.0 Å². The molecule has 4 N–H and O–H groups in total. The lowest BCUT2D eigenvalue weighted by Crippen LogP contribution is -2.37. The molecule has 0 fully saturated rings. The maximum absolute atomic E-state index is 11.6. The molecule has 4 nitrogen and oxygen atoms in total. The van der Waals surface area contributed by atoms with Crippen molar-refractivity contribution in [2.75, 3.05) is 6.54 Å². The van der Waals surface area contributed by atoms with Crippen LogP contribution in [0.4, 0.5) is 0 Å². The topological polar surface area (TPSA) is 72.4 Å². The highest BCUT2D eigenvalue weighted by molar-refractivity contribution is 5.86. The number of carbonyl (C=O) groups excluding carboxylic acids is 1. The van der Waals surface area contributed by atoms with E-state index >= 15 is 0 Å². The Kier molecular flexibility index (Phi) is 3.92. The number of hydrogen-bond acceptors (Lipinski definition) is 3. The Labute approximate surface area is 106 Å². The van der Waals surface area contributed by atoms with Gasteiger partial charge in [0.15, 0.2) is 0 Å². The highest BCUT2D eigenvalue weighted by atomic mass is 16.2. The molecule has 0 radical (unpaired) electrons.